The molecule has 1 N–H and O–H groups in total. The van der Waals surface area contributed by atoms with E-state index in [1.165, 1.54) is 6.42 Å². The van der Waals surface area contributed by atoms with Crippen LogP contribution in [0.3, 0.4) is 0 Å². The average molecular weight is 665 g/mol. The van der Waals surface area contributed by atoms with Crippen LogP contribution in [0.15, 0.2) is 0 Å². The number of carbonyl (C=O) groups is 5. The smallest absolute Gasteiger partial charge is 0.317 e. The number of fused-ring (bicyclic) bond motifs is 18. The van der Waals surface area contributed by atoms with Crippen LogP contribution in [0.2, 0.25) is 0 Å². The highest BCUT2D eigenvalue weighted by molar-refractivity contribution is 5.96. The van der Waals surface area contributed by atoms with Crippen molar-refractivity contribution in [3.8, 4) is 0 Å². The summed E-state index contributed by atoms with van der Waals surface area (Å²) < 4.78 is 16.8. The van der Waals surface area contributed by atoms with Crippen LogP contribution in [-0.2, 0) is 38.2 Å². The van der Waals surface area contributed by atoms with Crippen LogP contribution in [0.1, 0.15) is 79.6 Å². The molecule has 9 nitrogen and oxygen atoms in total. The van der Waals surface area contributed by atoms with E-state index < -0.39 is 29.4 Å². The van der Waals surface area contributed by atoms with Crippen LogP contribution in [0, 0.1) is 118 Å². The predicted molar refractivity (Wildman–Crippen MR) is 169 cm³/mol. The lowest BCUT2D eigenvalue weighted by molar-refractivity contribution is -0.165. The Hall–Kier alpha value is -2.45. The summed E-state index contributed by atoms with van der Waals surface area (Å²) in [5, 5.41) is 9.04. The van der Waals surface area contributed by atoms with Gasteiger partial charge in [0.25, 0.3) is 0 Å². The summed E-state index contributed by atoms with van der Waals surface area (Å²) in [6, 6.07) is 0. The highest BCUT2D eigenvalue weighted by atomic mass is 16.6. The molecule has 0 aromatic rings. The first-order valence-electron chi connectivity index (χ1n) is 19.1. The van der Waals surface area contributed by atoms with E-state index >= 15 is 0 Å². The fraction of sp³-hybridized carbons (Fsp3) is 0.872. The molecule has 9 heteroatoms. The van der Waals surface area contributed by atoms with E-state index in [1.54, 1.807) is 0 Å². The second-order valence-corrected chi connectivity index (χ2v) is 18.9. The predicted octanol–water partition coefficient (Wildman–Crippen LogP) is 5.24. The number of ether oxygens (including phenoxy) is 3. The quantitative estimate of drug-likeness (QED) is 0.168. The Kier molecular flexibility index (Phi) is 6.92. The molecule has 20 unspecified atom stereocenters. The van der Waals surface area contributed by atoms with Crippen molar-refractivity contribution in [2.24, 2.45) is 118 Å². The van der Waals surface area contributed by atoms with Crippen molar-refractivity contribution in [3.63, 3.8) is 0 Å². The maximum atomic E-state index is 13.6. The monoisotopic (exact) mass is 664 g/mol. The Morgan fingerprint density at radius 3 is 1.83 bits per heavy atom. The second kappa shape index (κ2) is 10.5. The Balaban J connectivity index is 1.02. The van der Waals surface area contributed by atoms with Crippen molar-refractivity contribution in [2.75, 3.05) is 6.61 Å². The lowest BCUT2D eigenvalue weighted by Crippen LogP contribution is -2.51. The SMILES string of the molecule is CC1C(=O)OC(=O)C1C1C2CC(C3C4CC(C(=O)OCCC(=O)O)C(C4)C23)C1C1C(C)C2CC1C1C3CC(CC3C(=O)OC(C)(C)C)C21. The topological polar surface area (TPSA) is 133 Å². The van der Waals surface area contributed by atoms with Crippen LogP contribution in [0.25, 0.3) is 0 Å². The van der Waals surface area contributed by atoms with Crippen LogP contribution in [-0.4, -0.2) is 47.2 Å². The number of aliphatic carboxylic acids is 1. The third-order valence-electron chi connectivity index (χ3n) is 16.4. The van der Waals surface area contributed by atoms with Gasteiger partial charge in [0.1, 0.15) is 12.2 Å². The molecule has 8 bridgehead atoms. The van der Waals surface area contributed by atoms with Gasteiger partial charge < -0.3 is 19.3 Å². The van der Waals surface area contributed by atoms with E-state index in [4.69, 9.17) is 19.3 Å². The van der Waals surface area contributed by atoms with Gasteiger partial charge in [-0.25, -0.2) is 0 Å². The minimum absolute atomic E-state index is 0.00815. The molecule has 9 fully saturated rings. The number of rotatable bonds is 7. The summed E-state index contributed by atoms with van der Waals surface area (Å²) in [7, 11) is 0. The lowest BCUT2D eigenvalue weighted by Gasteiger charge is -2.53. The molecule has 1 aliphatic heterocycles. The van der Waals surface area contributed by atoms with Gasteiger partial charge in [-0.2, -0.15) is 0 Å². The molecular weight excluding hydrogens is 612 g/mol. The molecular formula is C39H52O9. The minimum atomic E-state index is -0.975. The van der Waals surface area contributed by atoms with Crippen molar-refractivity contribution in [1.29, 1.82) is 0 Å². The van der Waals surface area contributed by atoms with Crippen LogP contribution in [0.4, 0.5) is 0 Å². The largest absolute Gasteiger partial charge is 0.481 e. The average Bonchev–Trinajstić information content (AvgIpc) is 3.85. The molecule has 8 saturated carbocycles. The minimum Gasteiger partial charge on any atom is -0.481 e. The Bertz CT molecular complexity index is 1450. The van der Waals surface area contributed by atoms with Gasteiger partial charge in [0.05, 0.1) is 30.1 Å². The second-order valence-electron chi connectivity index (χ2n) is 18.9. The van der Waals surface area contributed by atoms with Crippen LogP contribution in [0.5, 0.6) is 0 Å². The van der Waals surface area contributed by atoms with Crippen molar-refractivity contribution in [2.45, 2.75) is 85.2 Å². The van der Waals surface area contributed by atoms with Gasteiger partial charge in [0.15, 0.2) is 0 Å². The summed E-state index contributed by atoms with van der Waals surface area (Å²) in [6.45, 7) is 10.1. The normalized spacial score (nSPS) is 53.4. The number of carboxylic acids is 1. The number of carboxylic acid groups (broad SMARTS) is 1. The number of hydrogen-bond donors (Lipinski definition) is 1. The maximum absolute atomic E-state index is 13.6. The third-order valence-corrected chi connectivity index (χ3v) is 16.4. The summed E-state index contributed by atoms with van der Waals surface area (Å²) >= 11 is 0. The third kappa shape index (κ3) is 4.23. The Morgan fingerprint density at radius 2 is 1.25 bits per heavy atom. The van der Waals surface area contributed by atoms with Gasteiger partial charge in [0, 0.05) is 0 Å². The first-order chi connectivity index (χ1) is 22.7. The standard InChI is InChI=1S/C39H52O9/c1-14-18-12-23(31-20-8-16(29(18)31)11-22(20)37(44)48-39(3,4)5)27(14)33-24-13-25(34(33)28-15(2)35(42)47-38(28)45)32-19-9-17(30(24)32)10-21(19)36(43)46-7-6-26(40)41/h14-25,27-34H,6-13H2,1-5H3,(H,40,41). The Morgan fingerprint density at radius 1 is 0.688 bits per heavy atom. The molecule has 48 heavy (non-hydrogen) atoms. The number of esters is 4. The first kappa shape index (κ1) is 31.5. The van der Waals surface area contributed by atoms with Gasteiger partial charge in [0.2, 0.25) is 0 Å². The zero-order valence-corrected chi connectivity index (χ0v) is 28.9. The summed E-state index contributed by atoms with van der Waals surface area (Å²) in [5.41, 5.74) is -0.490. The van der Waals surface area contributed by atoms with Gasteiger partial charge in [-0.15, -0.1) is 0 Å². The molecule has 9 aliphatic rings. The molecule has 262 valence electrons. The zero-order valence-electron chi connectivity index (χ0n) is 28.9. The first-order valence-corrected chi connectivity index (χ1v) is 19.1. The molecule has 0 spiro atoms. The van der Waals surface area contributed by atoms with Gasteiger partial charge in [-0.3, -0.25) is 24.0 Å². The number of hydrogen-bond acceptors (Lipinski definition) is 8. The lowest BCUT2D eigenvalue weighted by atomic mass is 9.51. The summed E-state index contributed by atoms with van der Waals surface area (Å²) in [6.07, 6.45) is 6.03. The van der Waals surface area contributed by atoms with Gasteiger partial charge in [-0.1, -0.05) is 13.8 Å². The van der Waals surface area contributed by atoms with E-state index in [2.05, 4.69) is 6.92 Å². The van der Waals surface area contributed by atoms with E-state index in [9.17, 15) is 24.0 Å². The number of cyclic esters (lactones) is 2. The number of carbonyl (C=O) groups excluding carboxylic acids is 4. The van der Waals surface area contributed by atoms with E-state index in [1.807, 2.05) is 27.7 Å². The van der Waals surface area contributed by atoms with E-state index in [0.717, 1.165) is 32.1 Å². The zero-order chi connectivity index (χ0) is 33.7. The van der Waals surface area contributed by atoms with E-state index in [0.29, 0.717) is 76.9 Å². The molecule has 1 saturated heterocycles. The van der Waals surface area contributed by atoms with Crippen molar-refractivity contribution < 1.29 is 43.3 Å². The molecule has 8 aliphatic carbocycles. The molecule has 0 amide bonds. The molecule has 0 radical (unpaired) electrons. The van der Waals surface area contributed by atoms with Gasteiger partial charge in [-0.05, 0) is 154 Å². The fourth-order valence-corrected chi connectivity index (χ4v) is 15.7. The molecule has 20 atom stereocenters. The van der Waals surface area contributed by atoms with Gasteiger partial charge >= 0.3 is 29.8 Å². The fourth-order valence-electron chi connectivity index (χ4n) is 15.7. The van der Waals surface area contributed by atoms with Crippen molar-refractivity contribution in [3.05, 3.63) is 0 Å². The molecule has 0 aromatic carbocycles. The molecule has 9 rings (SSSR count). The van der Waals surface area contributed by atoms with Crippen molar-refractivity contribution in [1.82, 2.24) is 0 Å². The highest BCUT2D eigenvalue weighted by Crippen LogP contribution is 2.79. The van der Waals surface area contributed by atoms with Crippen molar-refractivity contribution >= 4 is 29.8 Å². The van der Waals surface area contributed by atoms with Crippen LogP contribution < -0.4 is 0 Å². The maximum Gasteiger partial charge on any atom is 0.317 e. The Labute approximate surface area is 282 Å². The molecule has 0 aromatic heterocycles. The molecule has 1 heterocycles. The summed E-state index contributed by atoms with van der Waals surface area (Å²) in [5.74, 6) is 4.05. The van der Waals surface area contributed by atoms with Crippen LogP contribution >= 0.6 is 0 Å². The van der Waals surface area contributed by atoms with E-state index in [-0.39, 0.29) is 60.5 Å². The highest BCUT2D eigenvalue weighted by Gasteiger charge is 2.75. The summed E-state index contributed by atoms with van der Waals surface area (Å²) in [4.78, 5) is 64.2.